The molecule has 0 aliphatic rings. The Labute approximate surface area is 207 Å². The molecule has 1 amide bonds. The number of unbranched alkanes of at least 4 members (excludes halogenated alkanes) is 1. The fourth-order valence-electron chi connectivity index (χ4n) is 3.55. The van der Waals surface area contributed by atoms with Crippen molar-refractivity contribution >= 4 is 40.1 Å². The molecular formula is C26H27N5O3S. The van der Waals surface area contributed by atoms with Crippen molar-refractivity contribution in [2.75, 3.05) is 23.5 Å². The number of nitrogens with one attached hydrogen (secondary N) is 1. The number of fused-ring (bicyclic) bond motifs is 1. The van der Waals surface area contributed by atoms with Crippen molar-refractivity contribution < 1.29 is 14.3 Å². The predicted molar refractivity (Wildman–Crippen MR) is 138 cm³/mol. The second kappa shape index (κ2) is 11.5. The quantitative estimate of drug-likeness (QED) is 0.147. The normalized spacial score (nSPS) is 10.9. The van der Waals surface area contributed by atoms with Gasteiger partial charge in [-0.15, -0.1) is 10.2 Å². The van der Waals surface area contributed by atoms with Crippen LogP contribution >= 0.6 is 11.8 Å². The minimum Gasteiger partial charge on any atom is -0.462 e. The fourth-order valence-corrected chi connectivity index (χ4v) is 4.23. The molecule has 180 valence electrons. The molecule has 0 bridgehead atoms. The van der Waals surface area contributed by atoms with Crippen LogP contribution in [0.3, 0.4) is 0 Å². The van der Waals surface area contributed by atoms with E-state index in [0.717, 1.165) is 29.2 Å². The first-order valence-electron chi connectivity index (χ1n) is 11.4. The number of aromatic nitrogens is 3. The van der Waals surface area contributed by atoms with E-state index in [1.54, 1.807) is 24.3 Å². The molecule has 0 saturated heterocycles. The van der Waals surface area contributed by atoms with Gasteiger partial charge >= 0.3 is 5.97 Å². The summed E-state index contributed by atoms with van der Waals surface area (Å²) in [6.07, 6.45) is 2.33. The van der Waals surface area contributed by atoms with Gasteiger partial charge in [0.2, 0.25) is 11.1 Å². The van der Waals surface area contributed by atoms with Gasteiger partial charge in [-0.3, -0.25) is 4.79 Å². The Morgan fingerprint density at radius 3 is 2.60 bits per heavy atom. The molecule has 0 saturated carbocycles. The van der Waals surface area contributed by atoms with Gasteiger partial charge in [0.1, 0.15) is 0 Å². The van der Waals surface area contributed by atoms with Crippen molar-refractivity contribution in [2.24, 2.45) is 0 Å². The van der Waals surface area contributed by atoms with Crippen molar-refractivity contribution in [3.05, 3.63) is 83.7 Å². The Bertz CT molecular complexity index is 1320. The van der Waals surface area contributed by atoms with E-state index in [1.165, 1.54) is 16.4 Å². The number of amides is 1. The van der Waals surface area contributed by atoms with Crippen LogP contribution in [0.5, 0.6) is 0 Å². The van der Waals surface area contributed by atoms with E-state index in [0.29, 0.717) is 35.3 Å². The average molecular weight is 490 g/mol. The van der Waals surface area contributed by atoms with Crippen LogP contribution in [0.25, 0.3) is 10.8 Å². The summed E-state index contributed by atoms with van der Waals surface area (Å²) in [5.74, 6) is 6.37. The number of carbonyl (C=O) groups is 2. The highest BCUT2D eigenvalue weighted by Crippen LogP contribution is 2.22. The zero-order valence-corrected chi connectivity index (χ0v) is 20.3. The lowest BCUT2D eigenvalue weighted by molar-refractivity contribution is -0.113. The van der Waals surface area contributed by atoms with Crippen LogP contribution in [-0.4, -0.2) is 39.1 Å². The summed E-state index contributed by atoms with van der Waals surface area (Å²) >= 11 is 1.21. The number of nitrogen functional groups attached to an aromatic ring is 1. The van der Waals surface area contributed by atoms with Crippen molar-refractivity contribution in [3.63, 3.8) is 0 Å². The van der Waals surface area contributed by atoms with Crippen molar-refractivity contribution in [3.8, 4) is 0 Å². The largest absolute Gasteiger partial charge is 0.462 e. The van der Waals surface area contributed by atoms with Crippen LogP contribution in [0.2, 0.25) is 0 Å². The molecule has 9 heteroatoms. The summed E-state index contributed by atoms with van der Waals surface area (Å²) < 4.78 is 6.62. The third kappa shape index (κ3) is 6.19. The summed E-state index contributed by atoms with van der Waals surface area (Å²) in [6.45, 7) is 2.44. The SMILES string of the molecule is CCCCOC(=O)c1ccc(NC(=O)CSc2nnc(Cc3cccc4ccccc34)n2N)cc1. The zero-order valence-electron chi connectivity index (χ0n) is 19.4. The Morgan fingerprint density at radius 1 is 1.03 bits per heavy atom. The number of carbonyl (C=O) groups excluding carboxylic acids is 2. The van der Waals surface area contributed by atoms with E-state index in [9.17, 15) is 9.59 Å². The Hall–Kier alpha value is -3.85. The number of nitrogens with zero attached hydrogens (tertiary/aromatic N) is 3. The van der Waals surface area contributed by atoms with Gasteiger partial charge in [0.25, 0.3) is 0 Å². The number of rotatable bonds is 10. The molecular weight excluding hydrogens is 462 g/mol. The third-order valence-corrected chi connectivity index (χ3v) is 6.37. The van der Waals surface area contributed by atoms with E-state index in [4.69, 9.17) is 10.6 Å². The minimum atomic E-state index is -0.367. The standard InChI is InChI=1S/C26H27N5O3S/c1-2-3-15-34-25(33)19-11-13-21(14-12-19)28-24(32)17-35-26-30-29-23(31(26)27)16-20-9-6-8-18-7-4-5-10-22(18)20/h4-14H,2-3,15-17,27H2,1H3,(H,28,32). The van der Waals surface area contributed by atoms with Crippen LogP contribution in [0.4, 0.5) is 5.69 Å². The first-order chi connectivity index (χ1) is 17.0. The van der Waals surface area contributed by atoms with Crippen LogP contribution < -0.4 is 11.2 Å². The summed E-state index contributed by atoms with van der Waals surface area (Å²) in [6, 6.07) is 20.9. The van der Waals surface area contributed by atoms with Gasteiger partial charge < -0.3 is 15.9 Å². The number of nitrogens with two attached hydrogens (primary N) is 1. The van der Waals surface area contributed by atoms with E-state index >= 15 is 0 Å². The van der Waals surface area contributed by atoms with Crippen LogP contribution in [0.1, 0.15) is 41.5 Å². The molecule has 0 aliphatic carbocycles. The minimum absolute atomic E-state index is 0.115. The van der Waals surface area contributed by atoms with E-state index in [2.05, 4.69) is 33.7 Å². The second-order valence-corrected chi connectivity index (χ2v) is 8.93. The smallest absolute Gasteiger partial charge is 0.338 e. The topological polar surface area (TPSA) is 112 Å². The molecule has 3 N–H and O–H groups in total. The van der Waals surface area contributed by atoms with Gasteiger partial charge in [0.05, 0.1) is 17.9 Å². The van der Waals surface area contributed by atoms with E-state index in [-0.39, 0.29) is 17.6 Å². The van der Waals surface area contributed by atoms with Crippen LogP contribution in [-0.2, 0) is 16.0 Å². The summed E-state index contributed by atoms with van der Waals surface area (Å²) in [5.41, 5.74) is 2.14. The van der Waals surface area contributed by atoms with Gasteiger partial charge in [-0.25, -0.2) is 9.47 Å². The highest BCUT2D eigenvalue weighted by atomic mass is 32.2. The fraction of sp³-hybridized carbons (Fsp3) is 0.231. The molecule has 0 fully saturated rings. The molecule has 1 aromatic heterocycles. The lowest BCUT2D eigenvalue weighted by Crippen LogP contribution is -2.17. The lowest BCUT2D eigenvalue weighted by Gasteiger charge is -2.08. The third-order valence-electron chi connectivity index (χ3n) is 5.43. The number of hydrogen-bond acceptors (Lipinski definition) is 7. The molecule has 1 heterocycles. The van der Waals surface area contributed by atoms with Gasteiger partial charge in [-0.1, -0.05) is 67.6 Å². The highest BCUT2D eigenvalue weighted by Gasteiger charge is 2.14. The number of benzene rings is 3. The Morgan fingerprint density at radius 2 is 1.80 bits per heavy atom. The monoisotopic (exact) mass is 489 g/mol. The number of anilines is 1. The molecule has 0 aliphatic heterocycles. The number of hydrogen-bond donors (Lipinski definition) is 2. The van der Waals surface area contributed by atoms with E-state index in [1.807, 2.05) is 31.2 Å². The maximum Gasteiger partial charge on any atom is 0.338 e. The first-order valence-corrected chi connectivity index (χ1v) is 12.4. The molecule has 0 radical (unpaired) electrons. The number of esters is 1. The molecule has 0 unspecified atom stereocenters. The maximum absolute atomic E-state index is 12.4. The Balaban J connectivity index is 1.31. The average Bonchev–Trinajstić information content (AvgIpc) is 3.22. The first kappa shape index (κ1) is 24.3. The summed E-state index contributed by atoms with van der Waals surface area (Å²) in [5, 5.41) is 13.9. The van der Waals surface area contributed by atoms with Crippen molar-refractivity contribution in [1.82, 2.24) is 14.9 Å². The van der Waals surface area contributed by atoms with Gasteiger partial charge in [0.15, 0.2) is 5.82 Å². The molecule has 0 spiro atoms. The summed E-state index contributed by atoms with van der Waals surface area (Å²) in [4.78, 5) is 24.4. The van der Waals surface area contributed by atoms with Gasteiger partial charge in [0, 0.05) is 12.1 Å². The van der Waals surface area contributed by atoms with Crippen molar-refractivity contribution in [1.29, 1.82) is 0 Å². The number of thioether (sulfide) groups is 1. The molecule has 0 atom stereocenters. The van der Waals surface area contributed by atoms with Crippen molar-refractivity contribution in [2.45, 2.75) is 31.3 Å². The maximum atomic E-state index is 12.4. The van der Waals surface area contributed by atoms with E-state index < -0.39 is 0 Å². The summed E-state index contributed by atoms with van der Waals surface area (Å²) in [7, 11) is 0. The zero-order chi connectivity index (χ0) is 24.6. The second-order valence-electron chi connectivity index (χ2n) is 7.99. The molecule has 35 heavy (non-hydrogen) atoms. The highest BCUT2D eigenvalue weighted by molar-refractivity contribution is 7.99. The van der Waals surface area contributed by atoms with Gasteiger partial charge in [-0.2, -0.15) is 0 Å². The van der Waals surface area contributed by atoms with Crippen LogP contribution in [0, 0.1) is 0 Å². The Kier molecular flexibility index (Phi) is 7.99. The van der Waals surface area contributed by atoms with Crippen LogP contribution in [0.15, 0.2) is 71.9 Å². The predicted octanol–water partition coefficient (Wildman–Crippen LogP) is 4.42. The molecule has 8 nitrogen and oxygen atoms in total. The molecule has 3 aromatic carbocycles. The number of ether oxygens (including phenoxy) is 1. The molecule has 4 rings (SSSR count). The van der Waals surface area contributed by atoms with Gasteiger partial charge in [-0.05, 0) is 47.0 Å². The molecule has 4 aromatic rings. The lowest BCUT2D eigenvalue weighted by atomic mass is 10.0.